The predicted molar refractivity (Wildman–Crippen MR) is 68.3 cm³/mol. The molecule has 2 bridgehead atoms. The van der Waals surface area contributed by atoms with Crippen LogP contribution in [-0.2, 0) is 0 Å². The second-order valence-electron chi connectivity index (χ2n) is 5.69. The summed E-state index contributed by atoms with van der Waals surface area (Å²) in [7, 11) is 0. The monoisotopic (exact) mass is 298 g/mol. The number of halogens is 1. The van der Waals surface area contributed by atoms with Gasteiger partial charge in [-0.25, -0.2) is 0 Å². The van der Waals surface area contributed by atoms with Crippen LogP contribution in [0.2, 0.25) is 0 Å². The number of aliphatic hydroxyl groups is 1. The summed E-state index contributed by atoms with van der Waals surface area (Å²) < 4.78 is 1.10. The van der Waals surface area contributed by atoms with Gasteiger partial charge in [0.2, 0.25) is 0 Å². The van der Waals surface area contributed by atoms with E-state index in [0.29, 0.717) is 5.92 Å². The first-order valence-corrected chi connectivity index (χ1v) is 7.90. The molecule has 1 nitrogen and oxygen atoms in total. The van der Waals surface area contributed by atoms with Crippen molar-refractivity contribution in [2.45, 2.75) is 25.4 Å². The van der Waals surface area contributed by atoms with Crippen molar-refractivity contribution >= 4 is 27.3 Å². The van der Waals surface area contributed by atoms with Crippen LogP contribution in [0, 0.1) is 29.6 Å². The summed E-state index contributed by atoms with van der Waals surface area (Å²) in [5, 5.41) is 14.7. The molecule has 5 atom stereocenters. The third-order valence-electron chi connectivity index (χ3n) is 5.12. The quantitative estimate of drug-likeness (QED) is 0.880. The normalized spacial score (nSPS) is 45.8. The van der Waals surface area contributed by atoms with Gasteiger partial charge in [-0.2, -0.15) is 11.3 Å². The van der Waals surface area contributed by atoms with E-state index in [2.05, 4.69) is 26.7 Å². The van der Waals surface area contributed by atoms with Crippen molar-refractivity contribution in [1.29, 1.82) is 0 Å². The minimum Gasteiger partial charge on any atom is -0.388 e. The van der Waals surface area contributed by atoms with Gasteiger partial charge >= 0.3 is 0 Å². The van der Waals surface area contributed by atoms with Gasteiger partial charge in [-0.3, -0.25) is 0 Å². The topological polar surface area (TPSA) is 20.2 Å². The lowest BCUT2D eigenvalue weighted by atomic mass is 9.96. The minimum atomic E-state index is -0.209. The summed E-state index contributed by atoms with van der Waals surface area (Å²) in [6.07, 6.45) is 4.11. The van der Waals surface area contributed by atoms with Gasteiger partial charge in [-0.1, -0.05) is 0 Å². The molecule has 1 aromatic heterocycles. The summed E-state index contributed by atoms with van der Waals surface area (Å²) in [5.74, 6) is 4.21. The number of aliphatic hydroxyl groups excluding tert-OH is 1. The first-order chi connectivity index (χ1) is 7.77. The van der Waals surface area contributed by atoms with Gasteiger partial charge in [0.1, 0.15) is 0 Å². The Hall–Kier alpha value is 0.140. The Morgan fingerprint density at radius 3 is 2.50 bits per heavy atom. The zero-order valence-corrected chi connectivity index (χ0v) is 11.4. The van der Waals surface area contributed by atoms with Crippen LogP contribution in [0.4, 0.5) is 0 Å². The summed E-state index contributed by atoms with van der Waals surface area (Å²) in [4.78, 5) is 0. The predicted octanol–water partition coefficient (Wildman–Crippen LogP) is 3.84. The molecule has 0 aromatic carbocycles. The molecule has 4 rings (SSSR count). The summed E-state index contributed by atoms with van der Waals surface area (Å²) >= 11 is 5.22. The number of fused-ring (bicyclic) bond motifs is 5. The molecule has 0 radical (unpaired) electrons. The number of rotatable bonds is 2. The van der Waals surface area contributed by atoms with Crippen LogP contribution in [0.1, 0.15) is 30.9 Å². The Labute approximate surface area is 108 Å². The second-order valence-corrected chi connectivity index (χ2v) is 7.28. The van der Waals surface area contributed by atoms with E-state index < -0.39 is 0 Å². The maximum atomic E-state index is 10.5. The largest absolute Gasteiger partial charge is 0.388 e. The van der Waals surface area contributed by atoms with Crippen molar-refractivity contribution < 1.29 is 5.11 Å². The molecule has 0 amide bonds. The molecule has 3 fully saturated rings. The molecule has 1 aromatic rings. The van der Waals surface area contributed by atoms with E-state index in [1.165, 1.54) is 19.3 Å². The molecule has 3 aliphatic carbocycles. The first kappa shape index (κ1) is 10.1. The lowest BCUT2D eigenvalue weighted by Crippen LogP contribution is -2.07. The molecule has 1 N–H and O–H groups in total. The van der Waals surface area contributed by atoms with E-state index in [1.807, 2.05) is 0 Å². The highest BCUT2D eigenvalue weighted by atomic mass is 79.9. The van der Waals surface area contributed by atoms with Crippen molar-refractivity contribution in [3.63, 3.8) is 0 Å². The van der Waals surface area contributed by atoms with Crippen LogP contribution < -0.4 is 0 Å². The molecule has 1 heterocycles. The highest BCUT2D eigenvalue weighted by Crippen LogP contribution is 2.72. The van der Waals surface area contributed by atoms with Gasteiger partial charge in [-0.05, 0) is 70.2 Å². The van der Waals surface area contributed by atoms with Crippen molar-refractivity contribution in [3.8, 4) is 0 Å². The number of hydrogen-bond acceptors (Lipinski definition) is 2. The van der Waals surface area contributed by atoms with Crippen molar-refractivity contribution in [2.24, 2.45) is 29.6 Å². The molecule has 3 aliphatic rings. The van der Waals surface area contributed by atoms with Gasteiger partial charge in [0.05, 0.1) is 6.10 Å². The van der Waals surface area contributed by atoms with E-state index in [4.69, 9.17) is 0 Å². The highest BCUT2D eigenvalue weighted by Gasteiger charge is 2.66. The molecule has 0 spiro atoms. The van der Waals surface area contributed by atoms with Crippen LogP contribution in [0.5, 0.6) is 0 Å². The number of thiophene rings is 1. The summed E-state index contributed by atoms with van der Waals surface area (Å²) in [6, 6.07) is 0. The van der Waals surface area contributed by atoms with E-state index >= 15 is 0 Å². The van der Waals surface area contributed by atoms with E-state index in [1.54, 1.807) is 11.3 Å². The summed E-state index contributed by atoms with van der Waals surface area (Å²) in [5.41, 5.74) is 1.13. The lowest BCUT2D eigenvalue weighted by molar-refractivity contribution is 0.130. The molecule has 3 saturated carbocycles. The van der Waals surface area contributed by atoms with Gasteiger partial charge in [-0.15, -0.1) is 0 Å². The molecule has 3 heteroatoms. The third-order valence-corrected chi connectivity index (χ3v) is 6.87. The van der Waals surface area contributed by atoms with Gasteiger partial charge in [0.25, 0.3) is 0 Å². The Kier molecular flexibility index (Phi) is 2.10. The van der Waals surface area contributed by atoms with Crippen molar-refractivity contribution in [2.75, 3.05) is 0 Å². The van der Waals surface area contributed by atoms with Crippen molar-refractivity contribution in [3.05, 3.63) is 20.8 Å². The average molecular weight is 299 g/mol. The van der Waals surface area contributed by atoms with Crippen LogP contribution in [0.15, 0.2) is 15.2 Å². The Balaban J connectivity index is 1.59. The van der Waals surface area contributed by atoms with E-state index in [0.717, 1.165) is 33.7 Å². The van der Waals surface area contributed by atoms with Crippen LogP contribution in [0.3, 0.4) is 0 Å². The zero-order chi connectivity index (χ0) is 10.9. The van der Waals surface area contributed by atoms with E-state index in [-0.39, 0.29) is 6.10 Å². The third kappa shape index (κ3) is 1.20. The fourth-order valence-electron chi connectivity index (χ4n) is 4.52. The molecule has 5 unspecified atom stereocenters. The molecular formula is C13H15BrOS. The minimum absolute atomic E-state index is 0.209. The average Bonchev–Trinajstić information content (AvgIpc) is 2.67. The van der Waals surface area contributed by atoms with Crippen LogP contribution in [-0.4, -0.2) is 5.11 Å². The Morgan fingerprint density at radius 2 is 1.94 bits per heavy atom. The fraction of sp³-hybridized carbons (Fsp3) is 0.692. The zero-order valence-electron chi connectivity index (χ0n) is 8.97. The standard InChI is InChI=1S/C13H15BrOS/c14-9-5-16-4-8(9)13(15)12-10-6-1-2-7(3-6)11(10)12/h4-7,10-13,15H,1-3H2. The fourth-order valence-corrected chi connectivity index (χ4v) is 6.09. The molecule has 16 heavy (non-hydrogen) atoms. The molecule has 86 valence electrons. The van der Waals surface area contributed by atoms with Gasteiger partial charge in [0.15, 0.2) is 0 Å². The maximum Gasteiger partial charge on any atom is 0.0842 e. The summed E-state index contributed by atoms with van der Waals surface area (Å²) in [6.45, 7) is 0. The molecular weight excluding hydrogens is 284 g/mol. The maximum absolute atomic E-state index is 10.5. The Bertz CT molecular complexity index is 413. The SMILES string of the molecule is OC(c1cscc1Br)C1C2C3CCC(C3)C21. The van der Waals surface area contributed by atoms with Crippen molar-refractivity contribution in [1.82, 2.24) is 0 Å². The first-order valence-electron chi connectivity index (χ1n) is 6.17. The Morgan fingerprint density at radius 1 is 1.25 bits per heavy atom. The lowest BCUT2D eigenvalue weighted by Gasteiger charge is -2.14. The molecule has 0 aliphatic heterocycles. The smallest absolute Gasteiger partial charge is 0.0842 e. The number of hydrogen-bond donors (Lipinski definition) is 1. The van der Waals surface area contributed by atoms with Crippen LogP contribution in [0.25, 0.3) is 0 Å². The molecule has 0 saturated heterocycles. The second kappa shape index (κ2) is 3.33. The van der Waals surface area contributed by atoms with E-state index in [9.17, 15) is 5.11 Å². The highest BCUT2D eigenvalue weighted by molar-refractivity contribution is 9.10. The van der Waals surface area contributed by atoms with Gasteiger partial charge < -0.3 is 5.11 Å². The van der Waals surface area contributed by atoms with Gasteiger partial charge in [0, 0.05) is 15.4 Å². The van der Waals surface area contributed by atoms with Crippen LogP contribution >= 0.6 is 27.3 Å².